The first kappa shape index (κ1) is 16.6. The van der Waals surface area contributed by atoms with Gasteiger partial charge in [0, 0.05) is 15.2 Å². The summed E-state index contributed by atoms with van der Waals surface area (Å²) < 4.78 is 6.44. The topological polar surface area (TPSA) is 50.4 Å². The number of nitrogens with one attached hydrogen (secondary N) is 2. The minimum absolute atomic E-state index is 0.273. The molecule has 0 heterocycles. The Kier molecular flexibility index (Phi) is 6.10. The van der Waals surface area contributed by atoms with Crippen molar-refractivity contribution in [1.29, 1.82) is 0 Å². The van der Waals surface area contributed by atoms with Gasteiger partial charge in [-0.25, -0.2) is 4.79 Å². The molecule has 0 bridgehead atoms. The third-order valence-electron chi connectivity index (χ3n) is 2.88. The second-order valence-electron chi connectivity index (χ2n) is 4.65. The van der Waals surface area contributed by atoms with Gasteiger partial charge in [-0.2, -0.15) is 0 Å². The van der Waals surface area contributed by atoms with Gasteiger partial charge >= 0.3 is 6.03 Å². The quantitative estimate of drug-likeness (QED) is 0.741. The van der Waals surface area contributed by atoms with Crippen LogP contribution in [0.25, 0.3) is 0 Å². The van der Waals surface area contributed by atoms with Crippen LogP contribution in [0, 0.1) is 6.92 Å². The van der Waals surface area contributed by atoms with Gasteiger partial charge in [-0.1, -0.05) is 39.7 Å². The molecule has 0 aliphatic carbocycles. The summed E-state index contributed by atoms with van der Waals surface area (Å²) in [6, 6.07) is 12.5. The normalized spacial score (nSPS) is 10.1. The molecular formula is C16H16BrClN2O2. The number of aryl methyl sites for hydroxylation is 1. The molecular weight excluding hydrogens is 368 g/mol. The Morgan fingerprint density at radius 1 is 1.27 bits per heavy atom. The van der Waals surface area contributed by atoms with Gasteiger partial charge in [0.15, 0.2) is 0 Å². The van der Waals surface area contributed by atoms with E-state index >= 15 is 0 Å². The first-order chi connectivity index (χ1) is 10.5. The number of hydrogen-bond acceptors (Lipinski definition) is 2. The number of urea groups is 1. The van der Waals surface area contributed by atoms with Crippen molar-refractivity contribution in [2.24, 2.45) is 0 Å². The average molecular weight is 384 g/mol. The second kappa shape index (κ2) is 8.06. The molecule has 0 spiro atoms. The highest BCUT2D eigenvalue weighted by molar-refractivity contribution is 9.10. The molecule has 0 saturated heterocycles. The van der Waals surface area contributed by atoms with Gasteiger partial charge in [0.1, 0.15) is 12.4 Å². The van der Waals surface area contributed by atoms with Crippen molar-refractivity contribution in [3.8, 4) is 5.75 Å². The molecule has 0 aliphatic heterocycles. The largest absolute Gasteiger partial charge is 0.492 e. The highest BCUT2D eigenvalue weighted by Gasteiger charge is 2.03. The molecule has 2 aromatic carbocycles. The zero-order valence-corrected chi connectivity index (χ0v) is 14.4. The Balaban J connectivity index is 1.72. The Hall–Kier alpha value is -1.72. The van der Waals surface area contributed by atoms with E-state index in [9.17, 15) is 4.79 Å². The van der Waals surface area contributed by atoms with Crippen LogP contribution < -0.4 is 15.4 Å². The smallest absolute Gasteiger partial charge is 0.319 e. The molecule has 6 heteroatoms. The molecule has 2 aromatic rings. The molecule has 116 valence electrons. The van der Waals surface area contributed by atoms with Crippen molar-refractivity contribution in [1.82, 2.24) is 5.32 Å². The van der Waals surface area contributed by atoms with Crippen molar-refractivity contribution < 1.29 is 9.53 Å². The van der Waals surface area contributed by atoms with Gasteiger partial charge in [-0.05, 0) is 42.8 Å². The van der Waals surface area contributed by atoms with Crippen LogP contribution >= 0.6 is 27.5 Å². The second-order valence-corrected chi connectivity index (χ2v) is 5.94. The average Bonchev–Trinajstić information content (AvgIpc) is 2.48. The Bertz CT molecular complexity index is 664. The highest BCUT2D eigenvalue weighted by atomic mass is 79.9. The van der Waals surface area contributed by atoms with E-state index in [0.717, 1.165) is 15.7 Å². The molecule has 0 atom stereocenters. The van der Waals surface area contributed by atoms with Crippen molar-refractivity contribution in [2.45, 2.75) is 6.92 Å². The Labute approximate surface area is 142 Å². The van der Waals surface area contributed by atoms with E-state index in [1.165, 1.54) is 0 Å². The molecule has 0 aliphatic rings. The maximum absolute atomic E-state index is 11.8. The highest BCUT2D eigenvalue weighted by Crippen LogP contribution is 2.20. The van der Waals surface area contributed by atoms with Crippen LogP contribution in [0.3, 0.4) is 0 Å². The fourth-order valence-corrected chi connectivity index (χ4v) is 2.30. The maximum atomic E-state index is 11.8. The zero-order valence-electron chi connectivity index (χ0n) is 12.0. The number of hydrogen-bond donors (Lipinski definition) is 2. The summed E-state index contributed by atoms with van der Waals surface area (Å²) >= 11 is 9.29. The van der Waals surface area contributed by atoms with E-state index in [1.807, 2.05) is 37.3 Å². The number of carbonyl (C=O) groups excluding carboxylic acids is 1. The summed E-state index contributed by atoms with van der Waals surface area (Å²) in [6.07, 6.45) is 0. The lowest BCUT2D eigenvalue weighted by atomic mass is 10.2. The van der Waals surface area contributed by atoms with Crippen molar-refractivity contribution in [3.05, 3.63) is 57.5 Å². The molecule has 0 unspecified atom stereocenters. The molecule has 0 saturated carbocycles. The SMILES string of the molecule is Cc1ccc(NC(=O)NCCOc2cccc(Cl)c2)cc1Br. The monoisotopic (exact) mass is 382 g/mol. The third kappa shape index (κ3) is 5.24. The lowest BCUT2D eigenvalue weighted by Crippen LogP contribution is -2.32. The van der Waals surface area contributed by atoms with Gasteiger partial charge in [0.2, 0.25) is 0 Å². The van der Waals surface area contributed by atoms with Crippen LogP contribution in [0.2, 0.25) is 5.02 Å². The number of anilines is 1. The summed E-state index contributed by atoms with van der Waals surface area (Å²) in [5.74, 6) is 0.678. The first-order valence-corrected chi connectivity index (χ1v) is 7.91. The Morgan fingerprint density at radius 2 is 2.09 bits per heavy atom. The number of rotatable bonds is 5. The van der Waals surface area contributed by atoms with Crippen LogP contribution in [0.1, 0.15) is 5.56 Å². The van der Waals surface area contributed by atoms with Crippen LogP contribution in [0.4, 0.5) is 10.5 Å². The minimum Gasteiger partial charge on any atom is -0.492 e. The Morgan fingerprint density at radius 3 is 2.82 bits per heavy atom. The fraction of sp³-hybridized carbons (Fsp3) is 0.188. The minimum atomic E-state index is -0.273. The zero-order chi connectivity index (χ0) is 15.9. The number of carbonyl (C=O) groups is 1. The number of halogens is 2. The molecule has 22 heavy (non-hydrogen) atoms. The molecule has 0 aromatic heterocycles. The summed E-state index contributed by atoms with van der Waals surface area (Å²) in [7, 11) is 0. The molecule has 0 radical (unpaired) electrons. The standard InChI is InChI=1S/C16H16BrClN2O2/c1-11-5-6-13(10-15(11)17)20-16(21)19-7-8-22-14-4-2-3-12(18)9-14/h2-6,9-10H,7-8H2,1H3,(H2,19,20,21). The predicted molar refractivity (Wildman–Crippen MR) is 92.8 cm³/mol. The summed E-state index contributed by atoms with van der Waals surface area (Å²) in [4.78, 5) is 11.8. The molecule has 2 rings (SSSR count). The summed E-state index contributed by atoms with van der Waals surface area (Å²) in [5.41, 5.74) is 1.84. The van der Waals surface area contributed by atoms with Crippen LogP contribution in [-0.2, 0) is 0 Å². The van der Waals surface area contributed by atoms with Crippen molar-refractivity contribution in [3.63, 3.8) is 0 Å². The number of benzene rings is 2. The van der Waals surface area contributed by atoms with Crippen LogP contribution in [0.5, 0.6) is 5.75 Å². The summed E-state index contributed by atoms with van der Waals surface area (Å²) in [6.45, 7) is 2.75. The predicted octanol–water partition coefficient (Wildman–Crippen LogP) is 4.61. The first-order valence-electron chi connectivity index (χ1n) is 6.74. The van der Waals surface area contributed by atoms with E-state index in [1.54, 1.807) is 12.1 Å². The summed E-state index contributed by atoms with van der Waals surface area (Å²) in [5, 5.41) is 6.11. The van der Waals surface area contributed by atoms with E-state index < -0.39 is 0 Å². The number of amides is 2. The lowest BCUT2D eigenvalue weighted by molar-refractivity contribution is 0.247. The van der Waals surface area contributed by atoms with Gasteiger partial charge in [-0.15, -0.1) is 0 Å². The molecule has 4 nitrogen and oxygen atoms in total. The fourth-order valence-electron chi connectivity index (χ4n) is 1.74. The van der Waals surface area contributed by atoms with Crippen LogP contribution in [0.15, 0.2) is 46.9 Å². The molecule has 2 N–H and O–H groups in total. The van der Waals surface area contributed by atoms with Gasteiger partial charge in [-0.3, -0.25) is 0 Å². The molecule has 0 fully saturated rings. The van der Waals surface area contributed by atoms with E-state index in [0.29, 0.717) is 23.9 Å². The third-order valence-corrected chi connectivity index (χ3v) is 3.97. The number of ether oxygens (including phenoxy) is 1. The van der Waals surface area contributed by atoms with E-state index in [2.05, 4.69) is 26.6 Å². The lowest BCUT2D eigenvalue weighted by Gasteiger charge is -2.10. The molecule has 2 amide bonds. The maximum Gasteiger partial charge on any atom is 0.319 e. The van der Waals surface area contributed by atoms with Gasteiger partial charge in [0.25, 0.3) is 0 Å². The van der Waals surface area contributed by atoms with Crippen LogP contribution in [-0.4, -0.2) is 19.2 Å². The van der Waals surface area contributed by atoms with Gasteiger partial charge in [0.05, 0.1) is 6.54 Å². The van der Waals surface area contributed by atoms with Crippen molar-refractivity contribution in [2.75, 3.05) is 18.5 Å². The van der Waals surface area contributed by atoms with E-state index in [4.69, 9.17) is 16.3 Å². The van der Waals surface area contributed by atoms with Gasteiger partial charge < -0.3 is 15.4 Å². The van der Waals surface area contributed by atoms with Crippen molar-refractivity contribution >= 4 is 39.2 Å². The van der Waals surface area contributed by atoms with E-state index in [-0.39, 0.29) is 6.03 Å².